The fraction of sp³-hybridized carbons (Fsp3) is 0.727. The van der Waals surface area contributed by atoms with Crippen LogP contribution in [-0.4, -0.2) is 58.9 Å². The van der Waals surface area contributed by atoms with E-state index in [-0.39, 0.29) is 24.8 Å². The highest BCUT2D eigenvalue weighted by atomic mass is 16.4. The lowest BCUT2D eigenvalue weighted by Gasteiger charge is -2.21. The maximum Gasteiger partial charge on any atom is 0.308 e. The van der Waals surface area contributed by atoms with Crippen molar-refractivity contribution in [3.63, 3.8) is 0 Å². The van der Waals surface area contributed by atoms with Crippen LogP contribution >= 0.6 is 0 Å². The van der Waals surface area contributed by atoms with Gasteiger partial charge in [0.05, 0.1) is 5.92 Å². The highest BCUT2D eigenvalue weighted by molar-refractivity contribution is 5.86. The first-order valence-corrected chi connectivity index (χ1v) is 5.86. The molecule has 2 saturated heterocycles. The topological polar surface area (TPSA) is 77.9 Å². The number of carboxylic acids is 1. The Balaban J connectivity index is 1.81. The lowest BCUT2D eigenvalue weighted by molar-refractivity contribution is -0.141. The van der Waals surface area contributed by atoms with Crippen molar-refractivity contribution in [1.29, 1.82) is 0 Å². The van der Waals surface area contributed by atoms with E-state index in [0.717, 1.165) is 13.0 Å². The molecule has 1 N–H and O–H groups in total. The van der Waals surface area contributed by atoms with Crippen LogP contribution in [0.2, 0.25) is 0 Å². The lowest BCUT2D eigenvalue weighted by atomic mass is 10.1. The van der Waals surface area contributed by atoms with Crippen molar-refractivity contribution in [3.8, 4) is 0 Å². The Morgan fingerprint density at radius 3 is 2.47 bits per heavy atom. The van der Waals surface area contributed by atoms with Crippen LogP contribution in [0.25, 0.3) is 0 Å². The molecule has 2 amide bonds. The molecule has 6 nitrogen and oxygen atoms in total. The number of likely N-dealkylation sites (tertiary alicyclic amines) is 2. The van der Waals surface area contributed by atoms with Gasteiger partial charge in [0.15, 0.2) is 0 Å². The zero-order valence-corrected chi connectivity index (χ0v) is 9.59. The summed E-state index contributed by atoms with van der Waals surface area (Å²) in [6.07, 6.45) is 1.56. The van der Waals surface area contributed by atoms with Crippen LogP contribution in [-0.2, 0) is 14.4 Å². The van der Waals surface area contributed by atoms with E-state index >= 15 is 0 Å². The zero-order chi connectivity index (χ0) is 12.4. The van der Waals surface area contributed by atoms with E-state index in [1.807, 2.05) is 0 Å². The van der Waals surface area contributed by atoms with Gasteiger partial charge >= 0.3 is 5.97 Å². The Morgan fingerprint density at radius 2 is 1.94 bits per heavy atom. The minimum atomic E-state index is -0.918. The smallest absolute Gasteiger partial charge is 0.308 e. The van der Waals surface area contributed by atoms with Crippen molar-refractivity contribution >= 4 is 17.8 Å². The minimum absolute atomic E-state index is 0.0866. The first kappa shape index (κ1) is 11.9. The number of nitrogens with zero attached hydrogens (tertiary/aromatic N) is 2. The molecular weight excluding hydrogens is 224 g/mol. The molecule has 0 aromatic carbocycles. The number of hydrogen-bond donors (Lipinski definition) is 1. The van der Waals surface area contributed by atoms with Gasteiger partial charge in [-0.3, -0.25) is 14.4 Å². The monoisotopic (exact) mass is 240 g/mol. The van der Waals surface area contributed by atoms with E-state index in [4.69, 9.17) is 5.11 Å². The van der Waals surface area contributed by atoms with Crippen molar-refractivity contribution in [1.82, 2.24) is 9.80 Å². The van der Waals surface area contributed by atoms with Crippen molar-refractivity contribution in [2.75, 3.05) is 26.2 Å². The number of rotatable bonds is 4. The SMILES string of the molecule is O=C(O)C1CC(=O)N(CCN2CCCC2=O)C1. The second kappa shape index (κ2) is 4.73. The Morgan fingerprint density at radius 1 is 1.24 bits per heavy atom. The second-order valence-electron chi connectivity index (χ2n) is 4.56. The van der Waals surface area contributed by atoms with Crippen LogP contribution < -0.4 is 0 Å². The summed E-state index contributed by atoms with van der Waals surface area (Å²) in [4.78, 5) is 36.9. The molecule has 0 bridgehead atoms. The molecule has 0 saturated carbocycles. The largest absolute Gasteiger partial charge is 0.481 e. The maximum absolute atomic E-state index is 11.5. The number of carbonyl (C=O) groups is 3. The highest BCUT2D eigenvalue weighted by Crippen LogP contribution is 2.18. The number of aliphatic carboxylic acids is 1. The molecule has 0 spiro atoms. The van der Waals surface area contributed by atoms with Gasteiger partial charge in [-0.2, -0.15) is 0 Å². The predicted molar refractivity (Wildman–Crippen MR) is 58.1 cm³/mol. The molecule has 1 atom stereocenters. The summed E-state index contributed by atoms with van der Waals surface area (Å²) < 4.78 is 0. The van der Waals surface area contributed by atoms with E-state index < -0.39 is 11.9 Å². The molecule has 6 heteroatoms. The van der Waals surface area contributed by atoms with Gasteiger partial charge in [-0.15, -0.1) is 0 Å². The predicted octanol–water partition coefficient (Wildman–Crippen LogP) is -0.458. The van der Waals surface area contributed by atoms with Gasteiger partial charge in [0.25, 0.3) is 0 Å². The first-order chi connectivity index (χ1) is 8.08. The molecular formula is C11H16N2O4. The van der Waals surface area contributed by atoms with Crippen LogP contribution in [0.3, 0.4) is 0 Å². The van der Waals surface area contributed by atoms with E-state index in [1.165, 1.54) is 0 Å². The lowest BCUT2D eigenvalue weighted by Crippen LogP contribution is -2.36. The molecule has 94 valence electrons. The van der Waals surface area contributed by atoms with Crippen LogP contribution in [0.1, 0.15) is 19.3 Å². The van der Waals surface area contributed by atoms with E-state index in [9.17, 15) is 14.4 Å². The summed E-state index contributed by atoms with van der Waals surface area (Å²) >= 11 is 0. The van der Waals surface area contributed by atoms with E-state index in [0.29, 0.717) is 19.5 Å². The van der Waals surface area contributed by atoms with E-state index in [1.54, 1.807) is 9.80 Å². The van der Waals surface area contributed by atoms with Gasteiger partial charge in [0.1, 0.15) is 0 Å². The van der Waals surface area contributed by atoms with Gasteiger partial charge < -0.3 is 14.9 Å². The Labute approximate surface area is 99.2 Å². The van der Waals surface area contributed by atoms with Gasteiger partial charge in [0, 0.05) is 39.0 Å². The fourth-order valence-corrected chi connectivity index (χ4v) is 2.34. The molecule has 2 fully saturated rings. The standard InChI is InChI=1S/C11H16N2O4/c14-9-2-1-3-12(9)4-5-13-7-8(11(16)17)6-10(13)15/h8H,1-7H2,(H,16,17). The molecule has 0 radical (unpaired) electrons. The molecule has 2 rings (SSSR count). The summed E-state index contributed by atoms with van der Waals surface area (Å²) in [5.41, 5.74) is 0. The van der Waals surface area contributed by atoms with Crippen molar-refractivity contribution < 1.29 is 19.5 Å². The average Bonchev–Trinajstić information content (AvgIpc) is 2.82. The highest BCUT2D eigenvalue weighted by Gasteiger charge is 2.34. The molecule has 0 aliphatic carbocycles. The summed E-state index contributed by atoms with van der Waals surface area (Å²) in [5, 5.41) is 8.83. The van der Waals surface area contributed by atoms with Crippen LogP contribution in [0.5, 0.6) is 0 Å². The molecule has 2 aliphatic rings. The number of hydrogen-bond acceptors (Lipinski definition) is 3. The number of amides is 2. The van der Waals surface area contributed by atoms with Crippen LogP contribution in [0, 0.1) is 5.92 Å². The van der Waals surface area contributed by atoms with Crippen LogP contribution in [0.4, 0.5) is 0 Å². The summed E-state index contributed by atoms with van der Waals surface area (Å²) in [7, 11) is 0. The van der Waals surface area contributed by atoms with Gasteiger partial charge in [-0.1, -0.05) is 0 Å². The van der Waals surface area contributed by atoms with Crippen molar-refractivity contribution in [2.45, 2.75) is 19.3 Å². The maximum atomic E-state index is 11.5. The summed E-state index contributed by atoms with van der Waals surface area (Å²) in [6.45, 7) is 2.00. The Bertz CT molecular complexity index is 355. The van der Waals surface area contributed by atoms with Gasteiger partial charge in [-0.25, -0.2) is 0 Å². The van der Waals surface area contributed by atoms with E-state index in [2.05, 4.69) is 0 Å². The fourth-order valence-electron chi connectivity index (χ4n) is 2.34. The molecule has 0 aromatic rings. The third-order valence-corrected chi connectivity index (χ3v) is 3.37. The number of carbonyl (C=O) groups excluding carboxylic acids is 2. The molecule has 2 aliphatic heterocycles. The Kier molecular flexibility index (Phi) is 3.31. The van der Waals surface area contributed by atoms with Gasteiger partial charge in [0.2, 0.25) is 11.8 Å². The van der Waals surface area contributed by atoms with Crippen molar-refractivity contribution in [2.24, 2.45) is 5.92 Å². The van der Waals surface area contributed by atoms with Gasteiger partial charge in [-0.05, 0) is 6.42 Å². The zero-order valence-electron chi connectivity index (χ0n) is 9.59. The third kappa shape index (κ3) is 2.57. The summed E-state index contributed by atoms with van der Waals surface area (Å²) in [5.74, 6) is -1.50. The third-order valence-electron chi connectivity index (χ3n) is 3.37. The quantitative estimate of drug-likeness (QED) is 0.721. The molecule has 2 heterocycles. The molecule has 17 heavy (non-hydrogen) atoms. The second-order valence-corrected chi connectivity index (χ2v) is 4.56. The minimum Gasteiger partial charge on any atom is -0.481 e. The average molecular weight is 240 g/mol. The van der Waals surface area contributed by atoms with Crippen molar-refractivity contribution in [3.05, 3.63) is 0 Å². The van der Waals surface area contributed by atoms with Crippen LogP contribution in [0.15, 0.2) is 0 Å². The summed E-state index contributed by atoms with van der Waals surface area (Å²) in [6, 6.07) is 0. The molecule has 0 aromatic heterocycles. The molecule has 1 unspecified atom stereocenters. The first-order valence-electron chi connectivity index (χ1n) is 5.86. The number of carboxylic acid groups (broad SMARTS) is 1. The normalized spacial score (nSPS) is 24.8. The Hall–Kier alpha value is -1.59.